The highest BCUT2D eigenvalue weighted by molar-refractivity contribution is 7.91. The van der Waals surface area contributed by atoms with Crippen molar-refractivity contribution in [2.75, 3.05) is 22.1 Å². The normalized spacial score (nSPS) is 18.7. The van der Waals surface area contributed by atoms with Crippen LogP contribution >= 0.6 is 0 Å². The number of aryl methyl sites for hydroxylation is 2. The molecule has 0 spiro atoms. The molecule has 1 saturated heterocycles. The summed E-state index contributed by atoms with van der Waals surface area (Å²) in [6.07, 6.45) is 3.41. The Hall–Kier alpha value is -2.48. The molecule has 0 aliphatic carbocycles. The van der Waals surface area contributed by atoms with Gasteiger partial charge >= 0.3 is 0 Å². The van der Waals surface area contributed by atoms with Gasteiger partial charge in [-0.1, -0.05) is 18.2 Å². The standard InChI is InChI=1S/C17H20N4O3S/c1-11-4-3-5-12(2)15(11)21-16(22)13-8-18-17(19-9-13)20-14-6-7-25(23,24)10-14/h3-5,8-9,14H,6-7,10H2,1-2H3,(H,21,22)(H,18,19,20). The number of benzene rings is 1. The molecule has 2 heterocycles. The molecule has 1 amide bonds. The van der Waals surface area contributed by atoms with Gasteiger partial charge in [-0.25, -0.2) is 18.4 Å². The van der Waals surface area contributed by atoms with Crippen molar-refractivity contribution in [1.29, 1.82) is 0 Å². The third-order valence-electron chi connectivity index (χ3n) is 4.20. The van der Waals surface area contributed by atoms with E-state index < -0.39 is 9.84 Å². The molecule has 8 heteroatoms. The average molecular weight is 360 g/mol. The first kappa shape index (κ1) is 17.3. The molecule has 2 N–H and O–H groups in total. The van der Waals surface area contributed by atoms with Crippen LogP contribution in [0.1, 0.15) is 27.9 Å². The number of rotatable bonds is 4. The summed E-state index contributed by atoms with van der Waals surface area (Å²) in [5.74, 6) is 0.310. The molecule has 1 aromatic carbocycles. The molecular formula is C17H20N4O3S. The number of sulfone groups is 1. The van der Waals surface area contributed by atoms with Gasteiger partial charge in [0, 0.05) is 24.1 Å². The lowest BCUT2D eigenvalue weighted by Crippen LogP contribution is -2.22. The fraction of sp³-hybridized carbons (Fsp3) is 0.353. The number of nitrogens with zero attached hydrogens (tertiary/aromatic N) is 2. The van der Waals surface area contributed by atoms with E-state index in [4.69, 9.17) is 0 Å². The van der Waals surface area contributed by atoms with Gasteiger partial charge in [-0.05, 0) is 31.4 Å². The van der Waals surface area contributed by atoms with Crippen LogP contribution in [-0.2, 0) is 9.84 Å². The van der Waals surface area contributed by atoms with E-state index >= 15 is 0 Å². The molecule has 1 aromatic heterocycles. The Balaban J connectivity index is 1.67. The second-order valence-electron chi connectivity index (χ2n) is 6.26. The molecule has 1 atom stereocenters. The summed E-state index contributed by atoms with van der Waals surface area (Å²) in [4.78, 5) is 20.6. The van der Waals surface area contributed by atoms with Crippen molar-refractivity contribution in [3.63, 3.8) is 0 Å². The largest absolute Gasteiger partial charge is 0.350 e. The van der Waals surface area contributed by atoms with Gasteiger partial charge in [-0.15, -0.1) is 0 Å². The summed E-state index contributed by atoms with van der Waals surface area (Å²) in [5, 5.41) is 5.88. The Morgan fingerprint density at radius 2 is 1.80 bits per heavy atom. The summed E-state index contributed by atoms with van der Waals surface area (Å²) in [5.41, 5.74) is 3.09. The minimum absolute atomic E-state index is 0.0885. The summed E-state index contributed by atoms with van der Waals surface area (Å²) < 4.78 is 22.9. The van der Waals surface area contributed by atoms with Crippen molar-refractivity contribution in [3.05, 3.63) is 47.3 Å². The van der Waals surface area contributed by atoms with Gasteiger partial charge in [0.15, 0.2) is 9.84 Å². The van der Waals surface area contributed by atoms with Crippen molar-refractivity contribution in [2.24, 2.45) is 0 Å². The van der Waals surface area contributed by atoms with E-state index in [9.17, 15) is 13.2 Å². The average Bonchev–Trinajstić information content (AvgIpc) is 2.90. The predicted molar refractivity (Wildman–Crippen MR) is 96.6 cm³/mol. The number of hydrogen-bond donors (Lipinski definition) is 2. The Morgan fingerprint density at radius 3 is 2.36 bits per heavy atom. The minimum atomic E-state index is -2.96. The zero-order chi connectivity index (χ0) is 18.0. The maximum Gasteiger partial charge on any atom is 0.258 e. The quantitative estimate of drug-likeness (QED) is 0.864. The summed E-state index contributed by atoms with van der Waals surface area (Å²) >= 11 is 0. The maximum atomic E-state index is 12.4. The van der Waals surface area contributed by atoms with E-state index in [1.165, 1.54) is 12.4 Å². The van der Waals surface area contributed by atoms with Crippen LogP contribution in [0.3, 0.4) is 0 Å². The molecule has 132 valence electrons. The molecule has 1 aliphatic heterocycles. The zero-order valence-corrected chi connectivity index (χ0v) is 14.9. The molecule has 2 aromatic rings. The van der Waals surface area contributed by atoms with Crippen molar-refractivity contribution >= 4 is 27.4 Å². The Labute approximate surface area is 146 Å². The Morgan fingerprint density at radius 1 is 1.16 bits per heavy atom. The lowest BCUT2D eigenvalue weighted by molar-refractivity contribution is 0.102. The summed E-state index contributed by atoms with van der Waals surface area (Å²) in [6, 6.07) is 5.62. The van der Waals surface area contributed by atoms with E-state index in [1.807, 2.05) is 32.0 Å². The topological polar surface area (TPSA) is 101 Å². The highest BCUT2D eigenvalue weighted by Crippen LogP contribution is 2.20. The number of carbonyl (C=O) groups is 1. The molecule has 25 heavy (non-hydrogen) atoms. The highest BCUT2D eigenvalue weighted by Gasteiger charge is 2.28. The molecule has 7 nitrogen and oxygen atoms in total. The van der Waals surface area contributed by atoms with Crippen LogP contribution in [0, 0.1) is 13.8 Å². The lowest BCUT2D eigenvalue weighted by atomic mass is 10.1. The van der Waals surface area contributed by atoms with E-state index in [2.05, 4.69) is 20.6 Å². The van der Waals surface area contributed by atoms with Gasteiger partial charge in [-0.3, -0.25) is 4.79 Å². The first-order chi connectivity index (χ1) is 11.8. The summed E-state index contributed by atoms with van der Waals surface area (Å²) in [6.45, 7) is 3.86. The van der Waals surface area contributed by atoms with Gasteiger partial charge in [0.05, 0.1) is 17.1 Å². The Bertz CT molecular complexity index is 874. The van der Waals surface area contributed by atoms with E-state index in [-0.39, 0.29) is 23.5 Å². The highest BCUT2D eigenvalue weighted by atomic mass is 32.2. The molecule has 3 rings (SSSR count). The van der Waals surface area contributed by atoms with Crippen molar-refractivity contribution < 1.29 is 13.2 Å². The van der Waals surface area contributed by atoms with Crippen molar-refractivity contribution in [1.82, 2.24) is 9.97 Å². The predicted octanol–water partition coefficient (Wildman–Crippen LogP) is 1.94. The molecule has 1 aliphatic rings. The van der Waals surface area contributed by atoms with Crippen LogP contribution < -0.4 is 10.6 Å². The molecule has 1 unspecified atom stereocenters. The van der Waals surface area contributed by atoms with Crippen LogP contribution in [-0.4, -0.2) is 41.8 Å². The van der Waals surface area contributed by atoms with Crippen LogP contribution in [0.25, 0.3) is 0 Å². The number of aromatic nitrogens is 2. The third-order valence-corrected chi connectivity index (χ3v) is 5.97. The number of nitrogens with one attached hydrogen (secondary N) is 2. The van der Waals surface area contributed by atoms with Crippen molar-refractivity contribution in [2.45, 2.75) is 26.3 Å². The second kappa shape index (κ2) is 6.79. The van der Waals surface area contributed by atoms with Gasteiger partial charge in [-0.2, -0.15) is 0 Å². The van der Waals surface area contributed by atoms with Crippen LogP contribution in [0.5, 0.6) is 0 Å². The molecule has 0 bridgehead atoms. The van der Waals surface area contributed by atoms with Crippen LogP contribution in [0.15, 0.2) is 30.6 Å². The Kier molecular flexibility index (Phi) is 4.71. The monoisotopic (exact) mass is 360 g/mol. The van der Waals surface area contributed by atoms with Gasteiger partial charge in [0.25, 0.3) is 5.91 Å². The number of carbonyl (C=O) groups excluding carboxylic acids is 1. The van der Waals surface area contributed by atoms with E-state index in [0.717, 1.165) is 16.8 Å². The number of para-hydroxylation sites is 1. The lowest BCUT2D eigenvalue weighted by Gasteiger charge is -2.12. The fourth-order valence-electron chi connectivity index (χ4n) is 2.81. The number of anilines is 2. The SMILES string of the molecule is Cc1cccc(C)c1NC(=O)c1cnc(NC2CCS(=O)(=O)C2)nc1. The van der Waals surface area contributed by atoms with Crippen molar-refractivity contribution in [3.8, 4) is 0 Å². The van der Waals surface area contributed by atoms with Gasteiger partial charge in [0.2, 0.25) is 5.95 Å². The minimum Gasteiger partial charge on any atom is -0.350 e. The van der Waals surface area contributed by atoms with Gasteiger partial charge < -0.3 is 10.6 Å². The second-order valence-corrected chi connectivity index (χ2v) is 8.49. The van der Waals surface area contributed by atoms with E-state index in [0.29, 0.717) is 17.9 Å². The summed E-state index contributed by atoms with van der Waals surface area (Å²) in [7, 11) is -2.96. The third kappa shape index (κ3) is 4.14. The maximum absolute atomic E-state index is 12.4. The van der Waals surface area contributed by atoms with Crippen LogP contribution in [0.2, 0.25) is 0 Å². The molecule has 0 saturated carbocycles. The molecular weight excluding hydrogens is 340 g/mol. The first-order valence-electron chi connectivity index (χ1n) is 8.00. The fourth-order valence-corrected chi connectivity index (χ4v) is 4.48. The van der Waals surface area contributed by atoms with Gasteiger partial charge in [0.1, 0.15) is 0 Å². The molecule has 0 radical (unpaired) electrons. The molecule has 1 fully saturated rings. The van der Waals surface area contributed by atoms with E-state index in [1.54, 1.807) is 0 Å². The number of amides is 1. The zero-order valence-electron chi connectivity index (χ0n) is 14.1. The first-order valence-corrected chi connectivity index (χ1v) is 9.83. The number of hydrogen-bond acceptors (Lipinski definition) is 6. The van der Waals surface area contributed by atoms with Crippen LogP contribution in [0.4, 0.5) is 11.6 Å². The smallest absolute Gasteiger partial charge is 0.258 e.